The molecule has 0 bridgehead atoms. The van der Waals surface area contributed by atoms with Crippen molar-refractivity contribution in [2.45, 2.75) is 0 Å². The van der Waals surface area contributed by atoms with Crippen molar-refractivity contribution in [2.24, 2.45) is 0 Å². The molecule has 1 aliphatic heterocycles. The topological polar surface area (TPSA) is 104 Å². The zero-order valence-corrected chi connectivity index (χ0v) is 4.44. The molecule has 1 heterocycles. The first-order chi connectivity index (χ1) is 4.55. The number of hydrogen-bond donors (Lipinski definition) is 0. The number of carbonyl (C=O) groups excluding carboxylic acids is 3. The molecule has 1 saturated heterocycles. The highest BCUT2D eigenvalue weighted by molar-refractivity contribution is 6.44. The number of hydrogen-bond acceptors (Lipinski definition) is 5. The van der Waals surface area contributed by atoms with Crippen molar-refractivity contribution < 1.29 is 14.4 Å². The largest absolute Gasteiger partial charge is 0.748 e. The van der Waals surface area contributed by atoms with Gasteiger partial charge in [-0.15, -0.1) is 0 Å². The summed E-state index contributed by atoms with van der Waals surface area (Å²) < 4.78 is 0. The summed E-state index contributed by atoms with van der Waals surface area (Å²) in [6.07, 6.45) is 0. The van der Waals surface area contributed by atoms with Crippen molar-refractivity contribution in [2.75, 3.05) is 0 Å². The van der Waals surface area contributed by atoms with Gasteiger partial charge in [0.25, 0.3) is 0 Å². The maximum absolute atomic E-state index is 10.1. The Labute approximate surface area is 54.0 Å². The molecule has 0 aromatic heterocycles. The second-order valence-corrected chi connectivity index (χ2v) is 1.48. The minimum Gasteiger partial charge on any atom is -0.748 e. The smallest absolute Gasteiger partial charge is 0.312 e. The molecule has 10 heavy (non-hydrogen) atoms. The van der Waals surface area contributed by atoms with Crippen LogP contribution in [0.15, 0.2) is 0 Å². The van der Waals surface area contributed by atoms with E-state index in [1.165, 1.54) is 0 Å². The van der Waals surface area contributed by atoms with Gasteiger partial charge in [-0.2, -0.15) is 0 Å². The highest BCUT2D eigenvalue weighted by atomic mass is 16.6. The third-order valence-electron chi connectivity index (χ3n) is 0.899. The van der Waals surface area contributed by atoms with E-state index in [9.17, 15) is 24.8 Å². The third kappa shape index (κ3) is 0.582. The molecule has 0 atom stereocenters. The Balaban J connectivity index is 3.00. The van der Waals surface area contributed by atoms with Gasteiger partial charge < -0.3 is 20.5 Å². The second-order valence-electron chi connectivity index (χ2n) is 1.48. The quantitative estimate of drug-likeness (QED) is 0.312. The van der Waals surface area contributed by atoms with Crippen LogP contribution < -0.4 is 0 Å². The summed E-state index contributed by atoms with van der Waals surface area (Å²) in [7, 11) is 0. The molecule has 0 saturated carbocycles. The van der Waals surface area contributed by atoms with E-state index >= 15 is 0 Å². The van der Waals surface area contributed by atoms with Crippen LogP contribution in [0.1, 0.15) is 0 Å². The van der Waals surface area contributed by atoms with Crippen molar-refractivity contribution in [3.05, 3.63) is 10.4 Å². The fourth-order valence-electron chi connectivity index (χ4n) is 0.430. The molecule has 1 fully saturated rings. The lowest BCUT2D eigenvalue weighted by Gasteiger charge is -2.20. The van der Waals surface area contributed by atoms with Gasteiger partial charge in [0.2, 0.25) is 0 Å². The Kier molecular flexibility index (Phi) is 1.17. The number of urea groups is 1. The third-order valence-corrected chi connectivity index (χ3v) is 0.899. The van der Waals surface area contributed by atoms with Crippen molar-refractivity contribution in [1.82, 2.24) is 10.1 Å². The maximum atomic E-state index is 10.1. The van der Waals surface area contributed by atoms with Crippen LogP contribution >= 0.6 is 0 Å². The summed E-state index contributed by atoms with van der Waals surface area (Å²) >= 11 is 0. The van der Waals surface area contributed by atoms with Crippen LogP contribution in [-0.4, -0.2) is 28.0 Å². The van der Waals surface area contributed by atoms with Gasteiger partial charge >= 0.3 is 17.8 Å². The Bertz CT molecular complexity index is 201. The zero-order chi connectivity index (χ0) is 7.89. The van der Waals surface area contributed by atoms with Gasteiger partial charge in [-0.25, -0.2) is 4.79 Å². The molecule has 7 heteroatoms. The van der Waals surface area contributed by atoms with Crippen LogP contribution in [-0.2, 0) is 9.59 Å². The summed E-state index contributed by atoms with van der Waals surface area (Å²) in [6.45, 7) is 0. The Morgan fingerprint density at radius 3 is 1.30 bits per heavy atom. The average Bonchev–Trinajstić information content (AvgIpc) is 2.07. The Hall–Kier alpha value is -1.47. The molecule has 4 amide bonds. The highest BCUT2D eigenvalue weighted by Gasteiger charge is 2.33. The van der Waals surface area contributed by atoms with Gasteiger partial charge in [-0.3, -0.25) is 9.59 Å². The van der Waals surface area contributed by atoms with Gasteiger partial charge in [0.1, 0.15) is 0 Å². The lowest BCUT2D eigenvalue weighted by atomic mass is 10.6. The summed E-state index contributed by atoms with van der Waals surface area (Å²) in [6, 6.07) is -1.69. The first-order valence-electron chi connectivity index (χ1n) is 2.12. The molecule has 1 rings (SSSR count). The summed E-state index contributed by atoms with van der Waals surface area (Å²) in [5.41, 5.74) is 0. The number of nitrogens with zero attached hydrogens (tertiary/aromatic N) is 2. The van der Waals surface area contributed by atoms with Gasteiger partial charge in [-0.1, -0.05) is 0 Å². The molecule has 0 aromatic rings. The number of imide groups is 2. The van der Waals surface area contributed by atoms with E-state index in [-0.39, 0.29) is 0 Å². The van der Waals surface area contributed by atoms with Crippen molar-refractivity contribution in [1.29, 1.82) is 0 Å². The molecule has 0 aromatic carbocycles. The Morgan fingerprint density at radius 2 is 1.20 bits per heavy atom. The highest BCUT2D eigenvalue weighted by Crippen LogP contribution is 2.07. The normalized spacial score (nSPS) is 19.2. The SMILES string of the molecule is O=C1C(=O)N([O-])C(=O)N1[O-]. The fraction of sp³-hybridized carbons (Fsp3) is 0. The van der Waals surface area contributed by atoms with E-state index in [1.54, 1.807) is 0 Å². The molecular formula is C3N2O5-2. The minimum absolute atomic E-state index is 0.782. The van der Waals surface area contributed by atoms with E-state index in [0.717, 1.165) is 0 Å². The molecule has 0 N–H and O–H groups in total. The summed E-state index contributed by atoms with van der Waals surface area (Å²) in [5.74, 6) is -3.28. The molecule has 0 radical (unpaired) electrons. The first-order valence-corrected chi connectivity index (χ1v) is 2.12. The van der Waals surface area contributed by atoms with Crippen LogP contribution in [0.3, 0.4) is 0 Å². The van der Waals surface area contributed by atoms with Crippen molar-refractivity contribution in [3.63, 3.8) is 0 Å². The van der Waals surface area contributed by atoms with Gasteiger partial charge in [0, 0.05) is 0 Å². The second kappa shape index (κ2) is 1.75. The lowest BCUT2D eigenvalue weighted by Crippen LogP contribution is -2.24. The number of carbonyl (C=O) groups is 3. The molecule has 54 valence electrons. The van der Waals surface area contributed by atoms with E-state index in [0.29, 0.717) is 0 Å². The van der Waals surface area contributed by atoms with E-state index in [2.05, 4.69) is 0 Å². The minimum atomic E-state index is -1.69. The average molecular weight is 144 g/mol. The molecule has 0 aliphatic carbocycles. The van der Waals surface area contributed by atoms with Crippen LogP contribution in [0.25, 0.3) is 0 Å². The van der Waals surface area contributed by atoms with Crippen LogP contribution in [0.5, 0.6) is 0 Å². The fourth-order valence-corrected chi connectivity index (χ4v) is 0.430. The summed E-state index contributed by atoms with van der Waals surface area (Å²) in [5, 5.41) is 18.6. The van der Waals surface area contributed by atoms with Crippen LogP contribution in [0.4, 0.5) is 4.79 Å². The van der Waals surface area contributed by atoms with Crippen molar-refractivity contribution in [3.8, 4) is 0 Å². The molecule has 1 aliphatic rings. The lowest BCUT2D eigenvalue weighted by molar-refractivity contribution is -0.141. The van der Waals surface area contributed by atoms with Crippen molar-refractivity contribution >= 4 is 17.8 Å². The first kappa shape index (κ1) is 6.65. The maximum Gasteiger partial charge on any atom is 0.312 e. The molecule has 0 unspecified atom stereocenters. The van der Waals surface area contributed by atoms with Gasteiger partial charge in [0.05, 0.1) is 0 Å². The van der Waals surface area contributed by atoms with Gasteiger partial charge in [-0.05, 0) is 0 Å². The number of amides is 4. The standard InChI is InChI=1S/C3N2O5/c6-1-2(7)5(10)3(8)4(1)9/q-2. The summed E-state index contributed by atoms with van der Waals surface area (Å²) in [4.78, 5) is 30.4. The predicted molar refractivity (Wildman–Crippen MR) is 25.8 cm³/mol. The monoisotopic (exact) mass is 144 g/mol. The predicted octanol–water partition coefficient (Wildman–Crippen LogP) is -1.23. The number of rotatable bonds is 0. The molecular weight excluding hydrogens is 144 g/mol. The van der Waals surface area contributed by atoms with Crippen LogP contribution in [0.2, 0.25) is 0 Å². The molecule has 7 nitrogen and oxygen atoms in total. The van der Waals surface area contributed by atoms with E-state index < -0.39 is 28.0 Å². The Morgan fingerprint density at radius 1 is 0.900 bits per heavy atom. The van der Waals surface area contributed by atoms with E-state index in [4.69, 9.17) is 0 Å². The van der Waals surface area contributed by atoms with Gasteiger partial charge in [0.15, 0.2) is 0 Å². The zero-order valence-electron chi connectivity index (χ0n) is 4.44. The van der Waals surface area contributed by atoms with E-state index in [1.807, 2.05) is 0 Å². The molecule has 0 spiro atoms. The van der Waals surface area contributed by atoms with Crippen LogP contribution in [0, 0.1) is 10.4 Å². The number of hydroxylamine groups is 4.